The quantitative estimate of drug-likeness (QED) is 0.911. The minimum atomic E-state index is -0.131. The molecule has 0 unspecified atom stereocenters. The van der Waals surface area contributed by atoms with Gasteiger partial charge in [0.15, 0.2) is 0 Å². The number of carbonyl (C=O) groups is 1. The van der Waals surface area contributed by atoms with Crippen molar-refractivity contribution in [2.45, 2.75) is 33.7 Å². The highest BCUT2D eigenvalue weighted by atomic mass is 16.2. The maximum Gasteiger partial charge on any atom is 0.241 e. The molecule has 4 heteroatoms. The van der Waals surface area contributed by atoms with E-state index in [-0.39, 0.29) is 11.9 Å². The molecule has 1 N–H and O–H groups in total. The number of hydrogen-bond acceptors (Lipinski definition) is 3. The molecule has 0 radical (unpaired) electrons. The lowest BCUT2D eigenvalue weighted by Crippen LogP contribution is -2.52. The lowest BCUT2D eigenvalue weighted by Gasteiger charge is -2.38. The molecule has 1 fully saturated rings. The Morgan fingerprint density at radius 1 is 0.962 bits per heavy atom. The predicted octanol–water partition coefficient (Wildman–Crippen LogP) is 3.76. The Morgan fingerprint density at radius 3 is 2.12 bits per heavy atom. The van der Waals surface area contributed by atoms with Crippen molar-refractivity contribution in [3.05, 3.63) is 59.2 Å². The maximum atomic E-state index is 12.8. The third-order valence-electron chi connectivity index (χ3n) is 5.29. The van der Waals surface area contributed by atoms with Crippen molar-refractivity contribution < 1.29 is 4.79 Å². The van der Waals surface area contributed by atoms with E-state index in [0.29, 0.717) is 0 Å². The lowest BCUT2D eigenvalue weighted by molar-refractivity contribution is -0.120. The fourth-order valence-electron chi connectivity index (χ4n) is 3.78. The summed E-state index contributed by atoms with van der Waals surface area (Å²) in [5.41, 5.74) is 5.68. The minimum Gasteiger partial charge on any atom is -0.369 e. The number of nitrogens with zero attached hydrogens (tertiary/aromatic N) is 2. The van der Waals surface area contributed by atoms with Gasteiger partial charge in [0.1, 0.15) is 0 Å². The summed E-state index contributed by atoms with van der Waals surface area (Å²) in [6.45, 7) is 11.9. The fraction of sp³-hybridized carbons (Fsp3) is 0.409. The molecule has 3 rings (SSSR count). The van der Waals surface area contributed by atoms with E-state index in [9.17, 15) is 4.79 Å². The first-order chi connectivity index (χ1) is 12.5. The highest BCUT2D eigenvalue weighted by Gasteiger charge is 2.26. The van der Waals surface area contributed by atoms with Gasteiger partial charge in [0.2, 0.25) is 5.91 Å². The van der Waals surface area contributed by atoms with Crippen molar-refractivity contribution in [1.29, 1.82) is 0 Å². The van der Waals surface area contributed by atoms with Gasteiger partial charge in [-0.25, -0.2) is 0 Å². The number of anilines is 2. The van der Waals surface area contributed by atoms with Crippen molar-refractivity contribution in [3.8, 4) is 0 Å². The number of para-hydroxylation sites is 1. The summed E-state index contributed by atoms with van der Waals surface area (Å²) in [4.78, 5) is 17.4. The average Bonchev–Trinajstić information content (AvgIpc) is 2.64. The standard InChI is InChI=1S/C22H29N3O/c1-16-14-17(2)21(18(3)15-16)23-22(26)19(4)24-10-12-25(13-11-24)20-8-6-5-7-9-20/h5-9,14-15,19H,10-13H2,1-4H3,(H,23,26)/t19-/m0/s1. The molecule has 0 saturated carbocycles. The molecule has 138 valence electrons. The van der Waals surface area contributed by atoms with Crippen LogP contribution in [0.15, 0.2) is 42.5 Å². The number of amides is 1. The highest BCUT2D eigenvalue weighted by molar-refractivity contribution is 5.96. The van der Waals surface area contributed by atoms with Gasteiger partial charge in [-0.3, -0.25) is 9.69 Å². The Morgan fingerprint density at radius 2 is 1.54 bits per heavy atom. The molecule has 0 spiro atoms. The van der Waals surface area contributed by atoms with Crippen molar-refractivity contribution in [2.75, 3.05) is 36.4 Å². The van der Waals surface area contributed by atoms with E-state index in [0.717, 1.165) is 43.0 Å². The Kier molecular flexibility index (Phi) is 5.62. The topological polar surface area (TPSA) is 35.6 Å². The van der Waals surface area contributed by atoms with Crippen LogP contribution >= 0.6 is 0 Å². The molecule has 0 aliphatic carbocycles. The second-order valence-electron chi connectivity index (χ2n) is 7.30. The second kappa shape index (κ2) is 7.92. The number of piperazine rings is 1. The van der Waals surface area contributed by atoms with Crippen molar-refractivity contribution in [2.24, 2.45) is 0 Å². The summed E-state index contributed by atoms with van der Waals surface area (Å²) >= 11 is 0. The Hall–Kier alpha value is -2.33. The molecule has 1 amide bonds. The molecule has 2 aromatic carbocycles. The van der Waals surface area contributed by atoms with Gasteiger partial charge < -0.3 is 10.2 Å². The Bertz CT molecular complexity index is 741. The van der Waals surface area contributed by atoms with E-state index in [1.165, 1.54) is 11.3 Å². The van der Waals surface area contributed by atoms with E-state index in [4.69, 9.17) is 0 Å². The second-order valence-corrected chi connectivity index (χ2v) is 7.30. The van der Waals surface area contributed by atoms with Crippen LogP contribution < -0.4 is 10.2 Å². The number of aryl methyl sites for hydroxylation is 3. The highest BCUT2D eigenvalue weighted by Crippen LogP contribution is 2.23. The summed E-state index contributed by atoms with van der Waals surface area (Å²) < 4.78 is 0. The number of nitrogens with one attached hydrogen (secondary N) is 1. The first kappa shape index (κ1) is 18.5. The molecular formula is C22H29N3O. The molecular weight excluding hydrogens is 322 g/mol. The van der Waals surface area contributed by atoms with Gasteiger partial charge in [-0.05, 0) is 51.0 Å². The van der Waals surface area contributed by atoms with Gasteiger partial charge in [-0.1, -0.05) is 35.9 Å². The van der Waals surface area contributed by atoms with E-state index in [1.54, 1.807) is 0 Å². The molecule has 26 heavy (non-hydrogen) atoms. The first-order valence-corrected chi connectivity index (χ1v) is 9.38. The van der Waals surface area contributed by atoms with Gasteiger partial charge in [-0.15, -0.1) is 0 Å². The maximum absolute atomic E-state index is 12.8. The monoisotopic (exact) mass is 351 g/mol. The van der Waals surface area contributed by atoms with Crippen LogP contribution in [0.3, 0.4) is 0 Å². The van der Waals surface area contributed by atoms with E-state index in [1.807, 2.05) is 13.0 Å². The van der Waals surface area contributed by atoms with Crippen LogP contribution in [0.1, 0.15) is 23.6 Å². The van der Waals surface area contributed by atoms with Crippen molar-refractivity contribution in [1.82, 2.24) is 4.90 Å². The minimum absolute atomic E-state index is 0.0771. The molecule has 1 saturated heterocycles. The molecule has 2 aromatic rings. The first-order valence-electron chi connectivity index (χ1n) is 9.38. The van der Waals surface area contributed by atoms with Crippen LogP contribution in [-0.2, 0) is 4.79 Å². The third kappa shape index (κ3) is 4.07. The van der Waals surface area contributed by atoms with Gasteiger partial charge in [0.25, 0.3) is 0 Å². The summed E-state index contributed by atoms with van der Waals surface area (Å²) in [6, 6.07) is 14.6. The van der Waals surface area contributed by atoms with Crippen LogP contribution in [0.2, 0.25) is 0 Å². The van der Waals surface area contributed by atoms with Crippen LogP contribution in [0.25, 0.3) is 0 Å². The van der Waals surface area contributed by atoms with Gasteiger partial charge in [-0.2, -0.15) is 0 Å². The summed E-state index contributed by atoms with van der Waals surface area (Å²) in [5, 5.41) is 3.15. The zero-order valence-electron chi connectivity index (χ0n) is 16.2. The van der Waals surface area contributed by atoms with Crippen LogP contribution in [0.5, 0.6) is 0 Å². The van der Waals surface area contributed by atoms with Crippen LogP contribution in [0.4, 0.5) is 11.4 Å². The molecule has 1 aliphatic rings. The number of hydrogen-bond donors (Lipinski definition) is 1. The van der Waals surface area contributed by atoms with Gasteiger partial charge in [0, 0.05) is 37.6 Å². The van der Waals surface area contributed by atoms with Crippen molar-refractivity contribution in [3.63, 3.8) is 0 Å². The number of benzene rings is 2. The molecule has 1 heterocycles. The smallest absolute Gasteiger partial charge is 0.241 e. The fourth-order valence-corrected chi connectivity index (χ4v) is 3.78. The zero-order valence-corrected chi connectivity index (χ0v) is 16.2. The zero-order chi connectivity index (χ0) is 18.7. The van der Waals surface area contributed by atoms with Crippen LogP contribution in [0, 0.1) is 20.8 Å². The van der Waals surface area contributed by atoms with Gasteiger partial charge >= 0.3 is 0 Å². The lowest BCUT2D eigenvalue weighted by atomic mass is 10.0. The third-order valence-corrected chi connectivity index (χ3v) is 5.29. The molecule has 0 bridgehead atoms. The summed E-state index contributed by atoms with van der Waals surface area (Å²) in [7, 11) is 0. The number of carbonyl (C=O) groups excluding carboxylic acids is 1. The van der Waals surface area contributed by atoms with E-state index in [2.05, 4.69) is 72.3 Å². The van der Waals surface area contributed by atoms with E-state index >= 15 is 0 Å². The molecule has 1 atom stereocenters. The summed E-state index contributed by atoms with van der Waals surface area (Å²) in [6.07, 6.45) is 0. The summed E-state index contributed by atoms with van der Waals surface area (Å²) in [5.74, 6) is 0.0771. The normalized spacial score (nSPS) is 16.4. The Balaban J connectivity index is 1.60. The predicted molar refractivity (Wildman–Crippen MR) is 109 cm³/mol. The molecule has 4 nitrogen and oxygen atoms in total. The largest absolute Gasteiger partial charge is 0.369 e. The van der Waals surface area contributed by atoms with Crippen LogP contribution in [-0.4, -0.2) is 43.0 Å². The number of rotatable bonds is 4. The van der Waals surface area contributed by atoms with Gasteiger partial charge in [0.05, 0.1) is 6.04 Å². The molecule has 1 aliphatic heterocycles. The Labute approximate surface area is 156 Å². The average molecular weight is 351 g/mol. The van der Waals surface area contributed by atoms with Crippen molar-refractivity contribution >= 4 is 17.3 Å². The van der Waals surface area contributed by atoms with E-state index < -0.39 is 0 Å². The molecule has 0 aromatic heterocycles. The SMILES string of the molecule is Cc1cc(C)c(NC(=O)[C@H](C)N2CCN(c3ccccc3)CC2)c(C)c1.